The molecule has 10 nitrogen and oxygen atoms in total. The molecule has 3 aliphatic rings. The van der Waals surface area contributed by atoms with Crippen molar-refractivity contribution in [2.45, 2.75) is 44.8 Å². The van der Waals surface area contributed by atoms with Crippen LogP contribution >= 0.6 is 11.6 Å². The lowest BCUT2D eigenvalue weighted by atomic mass is 10.0. The standard InChI is InChI=1S/C37H33ClFN7O2.C3H6O/c1-45-33-12-10-27(40-37(47)24-8-11-31-28(17-24)36(44-43-31)23-5-6-23)19-32(33)41-34(45)20-46-15-13-22(14-16-46)30-3-2-4-35(42-30)48-21-25-7-9-26(38)18-29(25)39;1-2-4-3-1/h2-4,7-13,17-19,23H,5-6,14-16,20-21H2,1H3,(H,40,47)(H,43,44);1-3H2. The van der Waals surface area contributed by atoms with Crippen molar-refractivity contribution in [3.63, 3.8) is 0 Å². The summed E-state index contributed by atoms with van der Waals surface area (Å²) < 4.78 is 26.8. The maximum atomic E-state index is 14.2. The number of ether oxygens (including phenoxy) is 2. The van der Waals surface area contributed by atoms with Crippen LogP contribution in [0, 0.1) is 5.82 Å². The van der Waals surface area contributed by atoms with Crippen molar-refractivity contribution in [2.24, 2.45) is 7.05 Å². The van der Waals surface area contributed by atoms with Gasteiger partial charge in [0, 0.05) is 78.3 Å². The van der Waals surface area contributed by atoms with Gasteiger partial charge in [-0.15, -0.1) is 0 Å². The van der Waals surface area contributed by atoms with Crippen LogP contribution in [0.2, 0.25) is 5.02 Å². The third-order valence-corrected chi connectivity index (χ3v) is 9.98. The minimum Gasteiger partial charge on any atom is -0.473 e. The molecule has 6 aromatic rings. The summed E-state index contributed by atoms with van der Waals surface area (Å²) in [6, 6.07) is 21.7. The Morgan fingerprint density at radius 3 is 2.65 bits per heavy atom. The van der Waals surface area contributed by atoms with Crippen molar-refractivity contribution in [1.82, 2.24) is 29.6 Å². The largest absolute Gasteiger partial charge is 0.473 e. The summed E-state index contributed by atoms with van der Waals surface area (Å²) in [5.41, 5.74) is 7.59. The van der Waals surface area contributed by atoms with E-state index in [0.717, 1.165) is 90.3 Å². The SMILES string of the molecule is C1COC1.Cn1c(CN2CC=C(c3cccc(OCc4ccc(Cl)cc4F)n3)CC2)nc2cc(NC(=O)c3ccc4n[nH]c(C5CC5)c4c3)ccc21. The Morgan fingerprint density at radius 1 is 1.06 bits per heavy atom. The second-order valence-corrected chi connectivity index (χ2v) is 13.9. The van der Waals surface area contributed by atoms with Crippen LogP contribution < -0.4 is 10.1 Å². The molecule has 1 saturated heterocycles. The number of halogens is 2. The van der Waals surface area contributed by atoms with E-state index in [1.54, 1.807) is 18.2 Å². The normalized spacial score (nSPS) is 15.9. The first-order valence-electron chi connectivity index (χ1n) is 17.7. The van der Waals surface area contributed by atoms with E-state index in [4.69, 9.17) is 26.1 Å². The van der Waals surface area contributed by atoms with Gasteiger partial charge in [0.1, 0.15) is 18.2 Å². The number of amides is 1. The van der Waals surface area contributed by atoms with Gasteiger partial charge in [0.05, 0.1) is 28.8 Å². The van der Waals surface area contributed by atoms with E-state index in [2.05, 4.69) is 36.0 Å². The Bertz CT molecular complexity index is 2290. The number of nitrogens with zero attached hydrogens (tertiary/aromatic N) is 5. The zero-order valence-corrected chi connectivity index (χ0v) is 29.6. The number of nitrogens with one attached hydrogen (secondary N) is 2. The van der Waals surface area contributed by atoms with Crippen LogP contribution in [-0.4, -0.2) is 61.8 Å². The molecule has 1 saturated carbocycles. The van der Waals surface area contributed by atoms with Gasteiger partial charge < -0.3 is 19.4 Å². The minimum absolute atomic E-state index is 0.0710. The molecule has 1 aliphatic carbocycles. The Balaban J connectivity index is 0.000000907. The van der Waals surface area contributed by atoms with Crippen molar-refractivity contribution >= 4 is 50.7 Å². The number of carbonyl (C=O) groups is 1. The van der Waals surface area contributed by atoms with Crippen LogP contribution in [0.1, 0.15) is 64.7 Å². The summed E-state index contributed by atoms with van der Waals surface area (Å²) in [4.78, 5) is 25.2. The van der Waals surface area contributed by atoms with Crippen LogP contribution in [0.5, 0.6) is 5.88 Å². The number of imidazole rings is 1. The highest BCUT2D eigenvalue weighted by Crippen LogP contribution is 2.42. The highest BCUT2D eigenvalue weighted by atomic mass is 35.5. The van der Waals surface area contributed by atoms with E-state index in [0.29, 0.717) is 40.2 Å². The number of anilines is 1. The Labute approximate surface area is 305 Å². The van der Waals surface area contributed by atoms with Gasteiger partial charge >= 0.3 is 0 Å². The molecule has 3 aromatic carbocycles. The first kappa shape index (κ1) is 34.0. The zero-order chi connectivity index (χ0) is 35.6. The molecule has 2 N–H and O–H groups in total. The van der Waals surface area contributed by atoms with Crippen LogP contribution in [0.25, 0.3) is 27.5 Å². The van der Waals surface area contributed by atoms with E-state index in [1.807, 2.05) is 55.6 Å². The van der Waals surface area contributed by atoms with Gasteiger partial charge in [-0.05, 0) is 85.9 Å². The smallest absolute Gasteiger partial charge is 0.255 e. The fourth-order valence-electron chi connectivity index (χ4n) is 6.42. The Kier molecular flexibility index (Phi) is 9.72. The lowest BCUT2D eigenvalue weighted by Crippen LogP contribution is -2.29. The average molecular weight is 720 g/mol. The van der Waals surface area contributed by atoms with Gasteiger partial charge in [-0.3, -0.25) is 14.8 Å². The van der Waals surface area contributed by atoms with E-state index in [1.165, 1.54) is 12.5 Å². The molecule has 0 spiro atoms. The molecule has 2 aliphatic heterocycles. The number of carbonyl (C=O) groups excluding carboxylic acids is 1. The number of benzene rings is 3. The second-order valence-electron chi connectivity index (χ2n) is 13.5. The highest BCUT2D eigenvalue weighted by molar-refractivity contribution is 6.30. The second kappa shape index (κ2) is 14.9. The Morgan fingerprint density at radius 2 is 1.90 bits per heavy atom. The van der Waals surface area contributed by atoms with Crippen molar-refractivity contribution in [3.8, 4) is 5.88 Å². The fraction of sp³-hybridized carbons (Fsp3) is 0.300. The topological polar surface area (TPSA) is 110 Å². The molecule has 0 radical (unpaired) electrons. The van der Waals surface area contributed by atoms with E-state index < -0.39 is 5.82 Å². The number of hydrogen-bond donors (Lipinski definition) is 2. The number of aromatic nitrogens is 5. The first-order chi connectivity index (χ1) is 25.4. The summed E-state index contributed by atoms with van der Waals surface area (Å²) >= 11 is 5.86. The predicted molar refractivity (Wildman–Crippen MR) is 200 cm³/mol. The van der Waals surface area contributed by atoms with Crippen LogP contribution in [0.15, 0.2) is 78.9 Å². The van der Waals surface area contributed by atoms with E-state index in [-0.39, 0.29) is 12.5 Å². The molecule has 266 valence electrons. The van der Waals surface area contributed by atoms with Gasteiger partial charge in [0.15, 0.2) is 0 Å². The predicted octanol–water partition coefficient (Wildman–Crippen LogP) is 8.04. The summed E-state index contributed by atoms with van der Waals surface area (Å²) in [7, 11) is 2.02. The maximum Gasteiger partial charge on any atom is 0.255 e. The third-order valence-electron chi connectivity index (χ3n) is 9.74. The number of hydrogen-bond acceptors (Lipinski definition) is 7. The number of aromatic amines is 1. The number of H-pyrrole nitrogens is 1. The van der Waals surface area contributed by atoms with Gasteiger partial charge in [-0.25, -0.2) is 14.4 Å². The van der Waals surface area contributed by atoms with Gasteiger partial charge in [0.2, 0.25) is 5.88 Å². The fourth-order valence-corrected chi connectivity index (χ4v) is 6.58. The van der Waals surface area contributed by atoms with E-state index in [9.17, 15) is 9.18 Å². The molecule has 0 bridgehead atoms. The minimum atomic E-state index is -0.400. The Hall–Kier alpha value is -5.10. The van der Waals surface area contributed by atoms with Crippen molar-refractivity contribution < 1.29 is 18.7 Å². The number of fused-ring (bicyclic) bond motifs is 2. The number of rotatable bonds is 9. The first-order valence-corrected chi connectivity index (χ1v) is 18.0. The average Bonchev–Trinajstić information content (AvgIpc) is 3.80. The summed E-state index contributed by atoms with van der Waals surface area (Å²) in [5.74, 6) is 1.36. The lowest BCUT2D eigenvalue weighted by Gasteiger charge is -2.25. The van der Waals surface area contributed by atoms with Gasteiger partial charge in [-0.2, -0.15) is 5.10 Å². The summed E-state index contributed by atoms with van der Waals surface area (Å²) in [6.07, 6.45) is 6.62. The molecular weight excluding hydrogens is 681 g/mol. The quantitative estimate of drug-likeness (QED) is 0.156. The zero-order valence-electron chi connectivity index (χ0n) is 28.9. The van der Waals surface area contributed by atoms with Crippen molar-refractivity contribution in [2.75, 3.05) is 31.6 Å². The highest BCUT2D eigenvalue weighted by Gasteiger charge is 2.27. The number of pyridine rings is 1. The molecule has 52 heavy (non-hydrogen) atoms. The van der Waals surface area contributed by atoms with Gasteiger partial charge in [-0.1, -0.05) is 29.8 Å². The molecular formula is C40H39ClFN7O3. The molecule has 0 unspecified atom stereocenters. The maximum absolute atomic E-state index is 14.2. The molecule has 12 heteroatoms. The molecule has 2 fully saturated rings. The van der Waals surface area contributed by atoms with Crippen LogP contribution in [-0.2, 0) is 24.9 Å². The molecule has 5 heterocycles. The van der Waals surface area contributed by atoms with Crippen molar-refractivity contribution in [3.05, 3.63) is 118 Å². The summed E-state index contributed by atoms with van der Waals surface area (Å²) in [6.45, 7) is 4.37. The van der Waals surface area contributed by atoms with Crippen LogP contribution in [0.3, 0.4) is 0 Å². The van der Waals surface area contributed by atoms with Crippen molar-refractivity contribution in [1.29, 1.82) is 0 Å². The molecule has 1 amide bonds. The number of aryl methyl sites for hydroxylation is 1. The molecule has 3 aromatic heterocycles. The molecule has 9 rings (SSSR count). The van der Waals surface area contributed by atoms with Crippen LogP contribution in [0.4, 0.5) is 10.1 Å². The lowest BCUT2D eigenvalue weighted by molar-refractivity contribution is 0.0367. The monoisotopic (exact) mass is 719 g/mol. The summed E-state index contributed by atoms with van der Waals surface area (Å²) in [5, 5.41) is 12.0. The van der Waals surface area contributed by atoms with Gasteiger partial charge in [0.25, 0.3) is 5.91 Å². The van der Waals surface area contributed by atoms with E-state index >= 15 is 0 Å². The molecule has 0 atom stereocenters. The third kappa shape index (κ3) is 7.57.